The topological polar surface area (TPSA) is 15.3 Å². The Hall–Kier alpha value is -1.02. The molecule has 0 saturated carbocycles. The molecule has 1 aliphatic rings. The summed E-state index contributed by atoms with van der Waals surface area (Å²) < 4.78 is 0. The third-order valence-electron chi connectivity index (χ3n) is 3.41. The van der Waals surface area contributed by atoms with Crippen molar-refractivity contribution in [2.45, 2.75) is 25.7 Å². The molecule has 0 unspecified atom stereocenters. The van der Waals surface area contributed by atoms with E-state index in [0.29, 0.717) is 0 Å². The lowest BCUT2D eigenvalue weighted by molar-refractivity contribution is 0.231. The molecule has 1 heterocycles. The van der Waals surface area contributed by atoms with Crippen molar-refractivity contribution in [3.63, 3.8) is 0 Å². The maximum Gasteiger partial charge on any atom is 0.0337 e. The standard InChI is InChI=1S/C14H22N2.H2/c1-15-14-7-5-13(6-8-14)9-12-16-10-3-2-4-11-16;/h5-8,15H,2-4,9-12H2,1H3;1H. The van der Waals surface area contributed by atoms with E-state index in [1.165, 1.54) is 56.6 Å². The first-order chi connectivity index (χ1) is 7.88. The number of piperidine rings is 1. The van der Waals surface area contributed by atoms with Gasteiger partial charge in [0.2, 0.25) is 0 Å². The van der Waals surface area contributed by atoms with Crippen molar-refractivity contribution in [1.29, 1.82) is 0 Å². The van der Waals surface area contributed by atoms with E-state index >= 15 is 0 Å². The Morgan fingerprint density at radius 2 is 1.81 bits per heavy atom. The van der Waals surface area contributed by atoms with Crippen molar-refractivity contribution in [2.24, 2.45) is 0 Å². The first-order valence-electron chi connectivity index (χ1n) is 6.37. The summed E-state index contributed by atoms with van der Waals surface area (Å²) in [4.78, 5) is 2.59. The zero-order valence-electron chi connectivity index (χ0n) is 10.2. The number of nitrogens with one attached hydrogen (secondary N) is 1. The van der Waals surface area contributed by atoms with Gasteiger partial charge >= 0.3 is 0 Å². The Morgan fingerprint density at radius 3 is 2.44 bits per heavy atom. The lowest BCUT2D eigenvalue weighted by Gasteiger charge is -2.26. The van der Waals surface area contributed by atoms with Crippen molar-refractivity contribution >= 4 is 5.69 Å². The highest BCUT2D eigenvalue weighted by Crippen LogP contribution is 2.12. The zero-order valence-corrected chi connectivity index (χ0v) is 10.2. The Balaban J connectivity index is 0.00000144. The molecule has 0 aromatic heterocycles. The van der Waals surface area contributed by atoms with Crippen LogP contribution < -0.4 is 5.32 Å². The monoisotopic (exact) mass is 220 g/mol. The van der Waals surface area contributed by atoms with Gasteiger partial charge in [-0.15, -0.1) is 0 Å². The van der Waals surface area contributed by atoms with Gasteiger partial charge in [0.25, 0.3) is 0 Å². The summed E-state index contributed by atoms with van der Waals surface area (Å²) in [6.07, 6.45) is 5.38. The van der Waals surface area contributed by atoms with Crippen molar-refractivity contribution < 1.29 is 1.43 Å². The van der Waals surface area contributed by atoms with Gasteiger partial charge in [0.1, 0.15) is 0 Å². The third kappa shape index (κ3) is 3.24. The van der Waals surface area contributed by atoms with Crippen LogP contribution in [-0.2, 0) is 6.42 Å². The number of hydrogen-bond donors (Lipinski definition) is 1. The fourth-order valence-electron chi connectivity index (χ4n) is 2.31. The van der Waals surface area contributed by atoms with Crippen LogP contribution in [0.3, 0.4) is 0 Å². The smallest absolute Gasteiger partial charge is 0.0337 e. The molecule has 2 heteroatoms. The first-order valence-corrected chi connectivity index (χ1v) is 6.37. The summed E-state index contributed by atoms with van der Waals surface area (Å²) in [5, 5.41) is 3.15. The van der Waals surface area contributed by atoms with Gasteiger partial charge in [0, 0.05) is 20.7 Å². The second-order valence-corrected chi connectivity index (χ2v) is 4.60. The summed E-state index contributed by atoms with van der Waals surface area (Å²) in [7, 11) is 1.96. The van der Waals surface area contributed by atoms with Crippen molar-refractivity contribution in [3.8, 4) is 0 Å². The van der Waals surface area contributed by atoms with Gasteiger partial charge < -0.3 is 10.2 Å². The second kappa shape index (κ2) is 5.90. The number of hydrogen-bond acceptors (Lipinski definition) is 2. The van der Waals surface area contributed by atoms with E-state index in [9.17, 15) is 0 Å². The maximum absolute atomic E-state index is 3.15. The SMILES string of the molecule is CNc1ccc(CCN2CCCCC2)cc1.[HH]. The minimum atomic E-state index is 0. The molecule has 0 aliphatic carbocycles. The van der Waals surface area contributed by atoms with Gasteiger partial charge in [-0.05, 0) is 50.0 Å². The Morgan fingerprint density at radius 1 is 1.12 bits per heavy atom. The number of rotatable bonds is 4. The first kappa shape index (κ1) is 11.5. The van der Waals surface area contributed by atoms with Crippen molar-refractivity contribution in [3.05, 3.63) is 29.8 Å². The predicted octanol–water partition coefficient (Wildman–Crippen LogP) is 3.00. The molecule has 1 aromatic carbocycles. The molecule has 0 atom stereocenters. The van der Waals surface area contributed by atoms with E-state index in [1.54, 1.807) is 0 Å². The Labute approximate surface area is 100 Å². The molecule has 0 amide bonds. The number of nitrogens with zero attached hydrogens (tertiary/aromatic N) is 1. The predicted molar refractivity (Wildman–Crippen MR) is 72.1 cm³/mol. The fraction of sp³-hybridized carbons (Fsp3) is 0.571. The lowest BCUT2D eigenvalue weighted by atomic mass is 10.1. The maximum atomic E-state index is 3.15. The fourth-order valence-corrected chi connectivity index (χ4v) is 2.31. The third-order valence-corrected chi connectivity index (χ3v) is 3.41. The van der Waals surface area contributed by atoms with Crippen molar-refractivity contribution in [1.82, 2.24) is 4.90 Å². The summed E-state index contributed by atoms with van der Waals surface area (Å²) in [5.41, 5.74) is 2.64. The quantitative estimate of drug-likeness (QED) is 0.839. The highest BCUT2D eigenvalue weighted by molar-refractivity contribution is 5.43. The summed E-state index contributed by atoms with van der Waals surface area (Å²) in [6.45, 7) is 3.82. The molecular weight excluding hydrogens is 196 g/mol. The molecule has 2 rings (SSSR count). The molecule has 2 nitrogen and oxygen atoms in total. The second-order valence-electron chi connectivity index (χ2n) is 4.60. The van der Waals surface area contributed by atoms with Gasteiger partial charge in [-0.3, -0.25) is 0 Å². The van der Waals surface area contributed by atoms with Gasteiger partial charge in [0.05, 0.1) is 0 Å². The molecule has 16 heavy (non-hydrogen) atoms. The van der Waals surface area contributed by atoms with Crippen LogP contribution in [0.5, 0.6) is 0 Å². The highest BCUT2D eigenvalue weighted by Gasteiger charge is 2.09. The molecule has 1 aliphatic heterocycles. The lowest BCUT2D eigenvalue weighted by Crippen LogP contribution is -2.31. The average Bonchev–Trinajstić information content (AvgIpc) is 2.38. The number of likely N-dealkylation sites (tertiary alicyclic amines) is 1. The summed E-state index contributed by atoms with van der Waals surface area (Å²) in [5.74, 6) is 0. The van der Waals surface area contributed by atoms with Crippen LogP contribution in [0.15, 0.2) is 24.3 Å². The van der Waals surface area contributed by atoms with Gasteiger partial charge in [-0.25, -0.2) is 0 Å². The largest absolute Gasteiger partial charge is 0.388 e. The van der Waals surface area contributed by atoms with Crippen LogP contribution in [0.4, 0.5) is 5.69 Å². The van der Waals surface area contributed by atoms with Gasteiger partial charge in [-0.2, -0.15) is 0 Å². The average molecular weight is 220 g/mol. The minimum absolute atomic E-state index is 0. The molecule has 1 saturated heterocycles. The molecule has 1 N–H and O–H groups in total. The van der Waals surface area contributed by atoms with Gasteiger partial charge in [0.15, 0.2) is 0 Å². The molecule has 1 fully saturated rings. The van der Waals surface area contributed by atoms with Crippen LogP contribution in [-0.4, -0.2) is 31.6 Å². The Bertz CT molecular complexity index is 305. The highest BCUT2D eigenvalue weighted by atomic mass is 15.1. The van der Waals surface area contributed by atoms with Crippen LogP contribution in [0.1, 0.15) is 26.3 Å². The molecule has 1 aromatic rings. The van der Waals surface area contributed by atoms with E-state index in [1.807, 2.05) is 7.05 Å². The molecule has 0 bridgehead atoms. The number of anilines is 1. The van der Waals surface area contributed by atoms with Crippen LogP contribution in [0.25, 0.3) is 0 Å². The molecule has 90 valence electrons. The van der Waals surface area contributed by atoms with Gasteiger partial charge in [-0.1, -0.05) is 18.6 Å². The minimum Gasteiger partial charge on any atom is -0.388 e. The van der Waals surface area contributed by atoms with Crippen molar-refractivity contribution in [2.75, 3.05) is 32.0 Å². The Kier molecular flexibility index (Phi) is 4.23. The molecular formula is C14H24N2. The molecule has 0 radical (unpaired) electrons. The zero-order chi connectivity index (χ0) is 11.2. The van der Waals surface area contributed by atoms with Crippen LogP contribution >= 0.6 is 0 Å². The van der Waals surface area contributed by atoms with E-state index in [0.717, 1.165) is 0 Å². The normalized spacial score (nSPS) is 17.3. The van der Waals surface area contributed by atoms with Crippen LogP contribution in [0, 0.1) is 0 Å². The van der Waals surface area contributed by atoms with E-state index in [4.69, 9.17) is 0 Å². The summed E-state index contributed by atoms with van der Waals surface area (Å²) in [6, 6.07) is 8.78. The van der Waals surface area contributed by atoms with Crippen LogP contribution in [0.2, 0.25) is 0 Å². The number of benzene rings is 1. The summed E-state index contributed by atoms with van der Waals surface area (Å²) >= 11 is 0. The van der Waals surface area contributed by atoms with E-state index in [2.05, 4.69) is 34.5 Å². The van der Waals surface area contributed by atoms with E-state index < -0.39 is 0 Å². The van der Waals surface area contributed by atoms with E-state index in [-0.39, 0.29) is 1.43 Å². The molecule has 0 spiro atoms.